The van der Waals surface area contributed by atoms with Gasteiger partial charge in [-0.05, 0) is 48.9 Å². The fraction of sp³-hybridized carbons (Fsp3) is 0.222. The van der Waals surface area contributed by atoms with Crippen molar-refractivity contribution in [2.75, 3.05) is 18.4 Å². The van der Waals surface area contributed by atoms with Gasteiger partial charge in [-0.3, -0.25) is 4.79 Å². The van der Waals surface area contributed by atoms with Crippen LogP contribution in [0, 0.1) is 17.1 Å². The minimum absolute atomic E-state index is 0.0684. The molecule has 1 N–H and O–H groups in total. The molecule has 0 radical (unpaired) electrons. The summed E-state index contributed by atoms with van der Waals surface area (Å²) in [4.78, 5) is 13.9. The maximum absolute atomic E-state index is 13.2. The smallest absolute Gasteiger partial charge is 0.242 e. The molecule has 0 unspecified atom stereocenters. The summed E-state index contributed by atoms with van der Waals surface area (Å²) in [5.74, 6) is -0.372. The molecule has 0 heterocycles. The first kappa shape index (κ1) is 16.5. The molecule has 2 rings (SSSR count). The Hall–Kier alpha value is -2.87. The Labute approximate surface area is 135 Å². The summed E-state index contributed by atoms with van der Waals surface area (Å²) in [6.45, 7) is 2.96. The van der Waals surface area contributed by atoms with Crippen molar-refractivity contribution >= 4 is 11.6 Å². The van der Waals surface area contributed by atoms with Crippen LogP contribution in [0.5, 0.6) is 0 Å². The Morgan fingerprint density at radius 3 is 2.61 bits per heavy atom. The second-order valence-corrected chi connectivity index (χ2v) is 5.08. The van der Waals surface area contributed by atoms with Gasteiger partial charge in [0.05, 0.1) is 18.2 Å². The molecule has 2 aromatic rings. The summed E-state index contributed by atoms with van der Waals surface area (Å²) in [7, 11) is 0. The molecule has 0 saturated heterocycles. The Morgan fingerprint density at radius 1 is 1.26 bits per heavy atom. The highest BCUT2D eigenvalue weighted by Gasteiger charge is 2.12. The Morgan fingerprint density at radius 2 is 2.00 bits per heavy atom. The van der Waals surface area contributed by atoms with Crippen molar-refractivity contribution in [3.63, 3.8) is 0 Å². The number of hydrogen-bond donors (Lipinski definition) is 1. The lowest BCUT2D eigenvalue weighted by atomic mass is 10.2. The van der Waals surface area contributed by atoms with Crippen molar-refractivity contribution in [3.8, 4) is 6.07 Å². The molecule has 0 bridgehead atoms. The highest BCUT2D eigenvalue weighted by atomic mass is 19.1. The fourth-order valence-corrected chi connectivity index (χ4v) is 2.18. The van der Waals surface area contributed by atoms with E-state index in [1.807, 2.05) is 13.0 Å². The lowest BCUT2D eigenvalue weighted by molar-refractivity contribution is -0.129. The van der Waals surface area contributed by atoms with Crippen LogP contribution in [-0.4, -0.2) is 23.9 Å². The molecule has 0 atom stereocenters. The monoisotopic (exact) mass is 311 g/mol. The summed E-state index contributed by atoms with van der Waals surface area (Å²) in [6.07, 6.45) is 0. The van der Waals surface area contributed by atoms with Crippen molar-refractivity contribution in [1.82, 2.24) is 4.90 Å². The molecule has 0 fully saturated rings. The number of carbonyl (C=O) groups is 1. The highest BCUT2D eigenvalue weighted by molar-refractivity contribution is 5.80. The third-order valence-electron chi connectivity index (χ3n) is 3.45. The second-order valence-electron chi connectivity index (χ2n) is 5.08. The zero-order chi connectivity index (χ0) is 16.7. The SMILES string of the molecule is CCN(Cc1cccc(F)c1)C(=O)CNc1ccc(C#N)cc1. The Bertz CT molecular complexity index is 707. The van der Waals surface area contributed by atoms with Gasteiger partial charge in [0.25, 0.3) is 0 Å². The molecule has 0 saturated carbocycles. The number of amides is 1. The number of rotatable bonds is 6. The maximum atomic E-state index is 13.2. The number of halogens is 1. The van der Waals surface area contributed by atoms with Gasteiger partial charge in [-0.1, -0.05) is 12.1 Å². The van der Waals surface area contributed by atoms with Crippen molar-refractivity contribution in [2.45, 2.75) is 13.5 Å². The molecule has 23 heavy (non-hydrogen) atoms. The molecule has 0 aliphatic rings. The van der Waals surface area contributed by atoms with Crippen LogP contribution >= 0.6 is 0 Å². The summed E-state index contributed by atoms with van der Waals surface area (Å²) in [6, 6.07) is 15.2. The van der Waals surface area contributed by atoms with E-state index in [-0.39, 0.29) is 18.3 Å². The first-order valence-electron chi connectivity index (χ1n) is 7.38. The molecule has 4 nitrogen and oxygen atoms in total. The van der Waals surface area contributed by atoms with Gasteiger partial charge in [-0.15, -0.1) is 0 Å². The first-order valence-corrected chi connectivity index (χ1v) is 7.38. The third kappa shape index (κ3) is 4.82. The average Bonchev–Trinajstić information content (AvgIpc) is 2.58. The molecular weight excluding hydrogens is 293 g/mol. The molecular formula is C18H18FN3O. The molecule has 0 aliphatic carbocycles. The van der Waals surface area contributed by atoms with E-state index in [9.17, 15) is 9.18 Å². The summed E-state index contributed by atoms with van der Waals surface area (Å²) >= 11 is 0. The van der Waals surface area contributed by atoms with Crippen LogP contribution in [0.4, 0.5) is 10.1 Å². The second kappa shape index (κ2) is 7.95. The minimum atomic E-state index is -0.304. The summed E-state index contributed by atoms with van der Waals surface area (Å²) in [5, 5.41) is 11.8. The number of nitriles is 1. The normalized spacial score (nSPS) is 9.96. The number of nitrogens with zero attached hydrogens (tertiary/aromatic N) is 2. The van der Waals surface area contributed by atoms with Gasteiger partial charge in [-0.25, -0.2) is 4.39 Å². The first-order chi connectivity index (χ1) is 11.1. The average molecular weight is 311 g/mol. The lowest BCUT2D eigenvalue weighted by Gasteiger charge is -2.21. The summed E-state index contributed by atoms with van der Waals surface area (Å²) < 4.78 is 13.2. The number of nitrogens with one attached hydrogen (secondary N) is 1. The number of carbonyl (C=O) groups excluding carboxylic acids is 1. The fourth-order valence-electron chi connectivity index (χ4n) is 2.18. The van der Waals surface area contributed by atoms with Gasteiger partial charge < -0.3 is 10.2 Å². The van der Waals surface area contributed by atoms with Crippen LogP contribution in [0.25, 0.3) is 0 Å². The summed E-state index contributed by atoms with van der Waals surface area (Å²) in [5.41, 5.74) is 2.11. The van der Waals surface area contributed by atoms with E-state index in [0.29, 0.717) is 18.7 Å². The van der Waals surface area contributed by atoms with Crippen molar-refractivity contribution < 1.29 is 9.18 Å². The molecule has 1 amide bonds. The zero-order valence-electron chi connectivity index (χ0n) is 12.9. The van der Waals surface area contributed by atoms with Gasteiger partial charge in [0.15, 0.2) is 0 Å². The Balaban J connectivity index is 1.93. The van der Waals surface area contributed by atoms with Crippen LogP contribution in [-0.2, 0) is 11.3 Å². The van der Waals surface area contributed by atoms with Gasteiger partial charge >= 0.3 is 0 Å². The quantitative estimate of drug-likeness (QED) is 0.891. The predicted octanol–water partition coefficient (Wildman–Crippen LogP) is 3.16. The minimum Gasteiger partial charge on any atom is -0.376 e. The van der Waals surface area contributed by atoms with E-state index < -0.39 is 0 Å². The van der Waals surface area contributed by atoms with Crippen molar-refractivity contribution in [3.05, 3.63) is 65.5 Å². The number of anilines is 1. The zero-order valence-corrected chi connectivity index (χ0v) is 12.9. The van der Waals surface area contributed by atoms with Gasteiger partial charge in [0.2, 0.25) is 5.91 Å². The van der Waals surface area contributed by atoms with Crippen molar-refractivity contribution in [2.24, 2.45) is 0 Å². The number of benzene rings is 2. The maximum Gasteiger partial charge on any atom is 0.242 e. The lowest BCUT2D eigenvalue weighted by Crippen LogP contribution is -2.35. The largest absolute Gasteiger partial charge is 0.376 e. The van der Waals surface area contributed by atoms with Crippen LogP contribution in [0.15, 0.2) is 48.5 Å². The molecule has 5 heteroatoms. The van der Waals surface area contributed by atoms with E-state index in [0.717, 1.165) is 11.3 Å². The molecule has 0 aromatic heterocycles. The van der Waals surface area contributed by atoms with Crippen LogP contribution in [0.1, 0.15) is 18.1 Å². The van der Waals surface area contributed by atoms with E-state index in [2.05, 4.69) is 5.32 Å². The van der Waals surface area contributed by atoms with Crippen LogP contribution < -0.4 is 5.32 Å². The predicted molar refractivity (Wildman–Crippen MR) is 87.1 cm³/mol. The van der Waals surface area contributed by atoms with Crippen LogP contribution in [0.3, 0.4) is 0 Å². The van der Waals surface area contributed by atoms with Crippen molar-refractivity contribution in [1.29, 1.82) is 5.26 Å². The number of likely N-dealkylation sites (N-methyl/N-ethyl adjacent to an activating group) is 1. The molecule has 2 aromatic carbocycles. The standard InChI is InChI=1S/C18H18FN3O/c1-2-22(13-15-4-3-5-16(19)10-15)18(23)12-21-17-8-6-14(11-20)7-9-17/h3-10,21H,2,12-13H2,1H3. The van der Waals surface area contributed by atoms with Gasteiger partial charge in [0, 0.05) is 18.8 Å². The third-order valence-corrected chi connectivity index (χ3v) is 3.45. The molecule has 118 valence electrons. The highest BCUT2D eigenvalue weighted by Crippen LogP contribution is 2.10. The van der Waals surface area contributed by atoms with E-state index in [1.54, 1.807) is 41.3 Å². The Kier molecular flexibility index (Phi) is 5.70. The topological polar surface area (TPSA) is 56.1 Å². The molecule has 0 spiro atoms. The van der Waals surface area contributed by atoms with Gasteiger partial charge in [0.1, 0.15) is 5.82 Å². The van der Waals surface area contributed by atoms with Gasteiger partial charge in [-0.2, -0.15) is 5.26 Å². The van der Waals surface area contributed by atoms with E-state index >= 15 is 0 Å². The molecule has 0 aliphatic heterocycles. The van der Waals surface area contributed by atoms with E-state index in [4.69, 9.17) is 5.26 Å². The van der Waals surface area contributed by atoms with E-state index in [1.165, 1.54) is 12.1 Å². The number of hydrogen-bond acceptors (Lipinski definition) is 3. The van der Waals surface area contributed by atoms with Crippen LogP contribution in [0.2, 0.25) is 0 Å².